The summed E-state index contributed by atoms with van der Waals surface area (Å²) >= 11 is -1.07. The zero-order chi connectivity index (χ0) is 14.4. The van der Waals surface area contributed by atoms with Crippen LogP contribution in [0.4, 0.5) is 10.5 Å². The van der Waals surface area contributed by atoms with E-state index >= 15 is 0 Å². The zero-order valence-electron chi connectivity index (χ0n) is 10.7. The first-order valence-corrected chi connectivity index (χ1v) is 6.79. The number of hydrogen-bond acceptors (Lipinski definition) is 5. The molecule has 0 fully saturated rings. The lowest BCUT2D eigenvalue weighted by Gasteiger charge is -2.14. The smallest absolute Gasteiger partial charge is 0.348 e. The minimum absolute atomic E-state index is 0.498. The van der Waals surface area contributed by atoms with E-state index in [1.807, 2.05) is 0 Å². The first kappa shape index (κ1) is 15.3. The molecule has 0 heterocycles. The van der Waals surface area contributed by atoms with Gasteiger partial charge in [-0.1, -0.05) is 4.99 Å². The summed E-state index contributed by atoms with van der Waals surface area (Å²) < 4.78 is 11.2. The summed E-state index contributed by atoms with van der Waals surface area (Å²) in [4.78, 5) is 31.4. The molecule has 1 aromatic rings. The van der Waals surface area contributed by atoms with Crippen molar-refractivity contribution in [3.63, 3.8) is 0 Å². The predicted octanol–water partition coefficient (Wildman–Crippen LogP) is 1.30. The van der Waals surface area contributed by atoms with E-state index in [1.54, 1.807) is 30.5 Å². The van der Waals surface area contributed by atoms with Crippen LogP contribution in [-0.2, 0) is 25.8 Å². The van der Waals surface area contributed by atoms with Gasteiger partial charge < -0.3 is 9.87 Å². The van der Waals surface area contributed by atoms with Crippen molar-refractivity contribution in [3.8, 4) is 0 Å². The lowest BCUT2D eigenvalue weighted by atomic mass is 10.3. The van der Waals surface area contributed by atoms with Gasteiger partial charge in [0, 0.05) is 19.7 Å². The Balaban J connectivity index is 2.54. The summed E-state index contributed by atoms with van der Waals surface area (Å²) in [5.41, 5.74) is 0.498. The normalized spacial score (nSPS) is 11.6. The van der Waals surface area contributed by atoms with Gasteiger partial charge in [-0.2, -0.15) is 5.06 Å². The predicted molar refractivity (Wildman–Crippen MR) is 68.4 cm³/mol. The average molecular weight is 286 g/mol. The number of hydroxylamine groups is 2. The number of carbonyl (C=O) groups excluding carboxylic acids is 2. The molecule has 104 valence electrons. The van der Waals surface area contributed by atoms with Crippen LogP contribution in [0.3, 0.4) is 0 Å². The quantitative estimate of drug-likeness (QED) is 0.512. The standard InChI is InChI=1S/C11H14N2O5S/c1-8(14)17-18-13(2)11(15)12-9-4-6-10(7-5-9)19(3)16/h4-7H,1-3H3,(H,12,15). The molecule has 0 saturated carbocycles. The summed E-state index contributed by atoms with van der Waals surface area (Å²) in [6.07, 6.45) is 1.56. The maximum absolute atomic E-state index is 11.6. The van der Waals surface area contributed by atoms with Gasteiger partial charge in [0.15, 0.2) is 4.90 Å². The van der Waals surface area contributed by atoms with Gasteiger partial charge in [0.25, 0.3) is 0 Å². The Morgan fingerprint density at radius 1 is 1.32 bits per heavy atom. The lowest BCUT2D eigenvalue weighted by Crippen LogP contribution is -2.32. The Hall–Kier alpha value is -1.77. The largest absolute Gasteiger partial charge is 0.612 e. The molecule has 8 heteroatoms. The van der Waals surface area contributed by atoms with E-state index in [4.69, 9.17) is 0 Å². The lowest BCUT2D eigenvalue weighted by molar-refractivity contribution is -0.366. The Bertz CT molecular complexity index is 449. The summed E-state index contributed by atoms with van der Waals surface area (Å²) in [5.74, 6) is -0.672. The van der Waals surface area contributed by atoms with Gasteiger partial charge in [-0.15, -0.1) is 0 Å². The summed E-state index contributed by atoms with van der Waals surface area (Å²) in [7, 11) is 1.29. The maximum Gasteiger partial charge on any atom is 0.348 e. The second kappa shape index (κ2) is 6.98. The molecule has 7 nitrogen and oxygen atoms in total. The molecule has 2 amide bonds. The molecule has 0 aliphatic carbocycles. The number of nitrogens with one attached hydrogen (secondary N) is 1. The van der Waals surface area contributed by atoms with E-state index in [9.17, 15) is 14.1 Å². The highest BCUT2D eigenvalue weighted by atomic mass is 32.2. The fourth-order valence-electron chi connectivity index (χ4n) is 1.07. The Morgan fingerprint density at radius 2 is 1.89 bits per heavy atom. The third-order valence-corrected chi connectivity index (χ3v) is 2.93. The number of nitrogens with zero attached hydrogens (tertiary/aromatic N) is 1. The fraction of sp³-hybridized carbons (Fsp3) is 0.273. The van der Waals surface area contributed by atoms with Crippen molar-refractivity contribution in [2.75, 3.05) is 18.6 Å². The first-order valence-electron chi connectivity index (χ1n) is 5.23. The first-order chi connectivity index (χ1) is 8.90. The molecular weight excluding hydrogens is 272 g/mol. The molecule has 0 aliphatic heterocycles. The molecule has 1 atom stereocenters. The number of amides is 2. The fourth-order valence-corrected chi connectivity index (χ4v) is 1.59. The van der Waals surface area contributed by atoms with E-state index in [1.165, 1.54) is 7.05 Å². The van der Waals surface area contributed by atoms with Crippen LogP contribution in [0.15, 0.2) is 29.2 Å². The van der Waals surface area contributed by atoms with Crippen LogP contribution in [0.5, 0.6) is 0 Å². The Morgan fingerprint density at radius 3 is 2.37 bits per heavy atom. The SMILES string of the molecule is CC(=O)OON(C)C(=O)Nc1ccc([S+](C)[O-])cc1. The van der Waals surface area contributed by atoms with Gasteiger partial charge in [0.05, 0.1) is 0 Å². The van der Waals surface area contributed by atoms with Crippen molar-refractivity contribution in [2.45, 2.75) is 11.8 Å². The summed E-state index contributed by atoms with van der Waals surface area (Å²) in [6, 6.07) is 5.87. The summed E-state index contributed by atoms with van der Waals surface area (Å²) in [6.45, 7) is 1.15. The molecular formula is C11H14N2O5S. The average Bonchev–Trinajstić information content (AvgIpc) is 2.36. The van der Waals surface area contributed by atoms with Crippen molar-refractivity contribution in [1.82, 2.24) is 5.06 Å². The van der Waals surface area contributed by atoms with Crippen LogP contribution in [0.1, 0.15) is 6.92 Å². The van der Waals surface area contributed by atoms with Gasteiger partial charge in [0.1, 0.15) is 6.26 Å². The molecule has 0 aliphatic rings. The number of rotatable bonds is 4. The third-order valence-electron chi connectivity index (χ3n) is 1.99. The van der Waals surface area contributed by atoms with Crippen molar-refractivity contribution in [2.24, 2.45) is 0 Å². The van der Waals surface area contributed by atoms with Crippen LogP contribution in [0.25, 0.3) is 0 Å². The van der Waals surface area contributed by atoms with Crippen molar-refractivity contribution >= 4 is 28.9 Å². The van der Waals surface area contributed by atoms with E-state index in [2.05, 4.69) is 15.2 Å². The maximum atomic E-state index is 11.6. The van der Waals surface area contributed by atoms with E-state index < -0.39 is 23.2 Å². The van der Waals surface area contributed by atoms with Crippen molar-refractivity contribution < 1.29 is 24.0 Å². The van der Waals surface area contributed by atoms with Crippen LogP contribution < -0.4 is 5.32 Å². The third kappa shape index (κ3) is 5.16. The number of hydrogen-bond donors (Lipinski definition) is 1. The van der Waals surface area contributed by atoms with E-state index in [-0.39, 0.29) is 0 Å². The molecule has 1 rings (SSSR count). The van der Waals surface area contributed by atoms with Gasteiger partial charge >= 0.3 is 12.0 Å². The Labute approximate surface area is 113 Å². The number of urea groups is 1. The van der Waals surface area contributed by atoms with Crippen LogP contribution in [0, 0.1) is 0 Å². The molecule has 1 unspecified atom stereocenters. The molecule has 0 saturated heterocycles. The molecule has 1 aromatic carbocycles. The van der Waals surface area contributed by atoms with Crippen LogP contribution in [0.2, 0.25) is 0 Å². The molecule has 1 N–H and O–H groups in total. The Kier molecular flexibility index (Phi) is 5.61. The molecule has 0 radical (unpaired) electrons. The van der Waals surface area contributed by atoms with Gasteiger partial charge in [-0.3, -0.25) is 4.89 Å². The van der Waals surface area contributed by atoms with Crippen LogP contribution >= 0.6 is 0 Å². The molecule has 0 spiro atoms. The molecule has 19 heavy (non-hydrogen) atoms. The minimum Gasteiger partial charge on any atom is -0.612 e. The van der Waals surface area contributed by atoms with Crippen LogP contribution in [-0.4, -0.2) is 34.9 Å². The minimum atomic E-state index is -1.07. The second-order valence-corrected chi connectivity index (χ2v) is 4.94. The van der Waals surface area contributed by atoms with Gasteiger partial charge in [-0.05, 0) is 35.4 Å². The topological polar surface area (TPSA) is 90.9 Å². The monoisotopic (exact) mass is 286 g/mol. The van der Waals surface area contributed by atoms with Crippen molar-refractivity contribution in [3.05, 3.63) is 24.3 Å². The summed E-state index contributed by atoms with van der Waals surface area (Å²) in [5, 5.41) is 3.23. The second-order valence-electron chi connectivity index (χ2n) is 3.56. The molecule has 0 bridgehead atoms. The number of carbonyl (C=O) groups is 2. The molecule has 0 aromatic heterocycles. The highest BCUT2D eigenvalue weighted by Crippen LogP contribution is 2.14. The van der Waals surface area contributed by atoms with Gasteiger partial charge in [-0.25, -0.2) is 9.59 Å². The highest BCUT2D eigenvalue weighted by Gasteiger charge is 2.12. The van der Waals surface area contributed by atoms with E-state index in [0.29, 0.717) is 10.6 Å². The zero-order valence-corrected chi connectivity index (χ0v) is 11.5. The van der Waals surface area contributed by atoms with Gasteiger partial charge in [0.2, 0.25) is 0 Å². The number of anilines is 1. The number of benzene rings is 1. The van der Waals surface area contributed by atoms with E-state index in [0.717, 1.165) is 12.0 Å². The van der Waals surface area contributed by atoms with Crippen molar-refractivity contribution in [1.29, 1.82) is 0 Å². The highest BCUT2D eigenvalue weighted by molar-refractivity contribution is 7.90.